The Hall–Kier alpha value is -1.83. The topological polar surface area (TPSA) is 103 Å². The Morgan fingerprint density at radius 3 is 2.11 bits per heavy atom. The zero-order valence-corrected chi connectivity index (χ0v) is 18.3. The van der Waals surface area contributed by atoms with Gasteiger partial charge >= 0.3 is 12.1 Å². The summed E-state index contributed by atoms with van der Waals surface area (Å²) in [6.07, 6.45) is 0.682. The van der Waals surface area contributed by atoms with Gasteiger partial charge in [0, 0.05) is 25.7 Å². The fourth-order valence-corrected chi connectivity index (χ4v) is 3.01. The molecule has 1 heterocycles. The van der Waals surface area contributed by atoms with Crippen LogP contribution >= 0.6 is 0 Å². The maximum Gasteiger partial charge on any atom is 0.407 e. The number of esters is 1. The average molecular weight is 401 g/mol. The highest BCUT2D eigenvalue weighted by Crippen LogP contribution is 2.27. The second-order valence-electron chi connectivity index (χ2n) is 9.46. The number of carbonyl (C=O) groups is 3. The van der Waals surface area contributed by atoms with Crippen molar-refractivity contribution in [3.63, 3.8) is 0 Å². The number of hydrogen-bond acceptors (Lipinski definition) is 6. The minimum absolute atomic E-state index is 0.0759. The largest absolute Gasteiger partial charge is 0.469 e. The van der Waals surface area contributed by atoms with Gasteiger partial charge in [-0.15, -0.1) is 0 Å². The summed E-state index contributed by atoms with van der Waals surface area (Å²) in [5.41, 5.74) is -1.67. The average Bonchev–Trinajstić information content (AvgIpc) is 2.52. The number of amides is 2. The summed E-state index contributed by atoms with van der Waals surface area (Å²) in [4.78, 5) is 36.8. The molecule has 1 saturated heterocycles. The number of alkyl carbamates (subject to hydrolysis) is 1. The minimum Gasteiger partial charge on any atom is -0.469 e. The molecule has 28 heavy (non-hydrogen) atoms. The van der Waals surface area contributed by atoms with Gasteiger partial charge in [-0.2, -0.15) is 0 Å². The van der Waals surface area contributed by atoms with Crippen molar-refractivity contribution in [2.24, 2.45) is 5.41 Å². The lowest BCUT2D eigenvalue weighted by Crippen LogP contribution is -2.55. The zero-order chi connectivity index (χ0) is 21.6. The normalized spacial score (nSPS) is 18.0. The molecule has 162 valence electrons. The van der Waals surface area contributed by atoms with Gasteiger partial charge < -0.3 is 24.8 Å². The van der Waals surface area contributed by atoms with E-state index in [-0.39, 0.29) is 30.1 Å². The van der Waals surface area contributed by atoms with E-state index in [2.05, 4.69) is 10.6 Å². The predicted molar refractivity (Wildman–Crippen MR) is 105 cm³/mol. The summed E-state index contributed by atoms with van der Waals surface area (Å²) in [7, 11) is 1.33. The van der Waals surface area contributed by atoms with Crippen molar-refractivity contribution in [3.8, 4) is 0 Å². The monoisotopic (exact) mass is 400 g/mol. The molecule has 1 rings (SSSR count). The highest BCUT2D eigenvalue weighted by Gasteiger charge is 2.38. The highest BCUT2D eigenvalue weighted by atomic mass is 16.6. The van der Waals surface area contributed by atoms with E-state index in [1.165, 1.54) is 7.11 Å². The number of ether oxygens (including phenoxy) is 3. The number of hydrogen-bond donors (Lipinski definition) is 2. The van der Waals surface area contributed by atoms with Gasteiger partial charge in [0.05, 0.1) is 19.1 Å². The Labute approximate surface area is 168 Å². The molecular formula is C20H36N2O6. The van der Waals surface area contributed by atoms with Crippen LogP contribution in [0.15, 0.2) is 0 Å². The van der Waals surface area contributed by atoms with Crippen LogP contribution in [0.3, 0.4) is 0 Å². The molecule has 0 spiro atoms. The number of methoxy groups -OCH3 is 1. The molecule has 0 saturated carbocycles. The summed E-state index contributed by atoms with van der Waals surface area (Å²) in [6.45, 7) is 12.1. The van der Waals surface area contributed by atoms with E-state index < -0.39 is 23.3 Å². The lowest BCUT2D eigenvalue weighted by atomic mass is 9.83. The number of carbonyl (C=O) groups excluding carboxylic acids is 3. The van der Waals surface area contributed by atoms with E-state index in [1.54, 1.807) is 20.8 Å². The predicted octanol–water partition coefficient (Wildman–Crippen LogP) is 2.54. The van der Waals surface area contributed by atoms with Crippen LogP contribution in [-0.2, 0) is 23.8 Å². The maximum atomic E-state index is 12.8. The van der Waals surface area contributed by atoms with Crippen molar-refractivity contribution in [2.45, 2.75) is 84.4 Å². The highest BCUT2D eigenvalue weighted by molar-refractivity contribution is 5.80. The first-order chi connectivity index (χ1) is 12.8. The standard InChI is InChI=1S/C20H36N2O6/c1-18(2,3)14(21-17(25)28-19(4,5)6)12-15(23)22-20(13-16(24)26-7)8-10-27-11-9-20/h14H,8-13H2,1-7H3,(H,21,25)(H,22,23)/t14-/m1/s1. The fourth-order valence-electron chi connectivity index (χ4n) is 3.01. The Morgan fingerprint density at radius 1 is 1.07 bits per heavy atom. The van der Waals surface area contributed by atoms with E-state index in [4.69, 9.17) is 14.2 Å². The Balaban J connectivity index is 2.82. The van der Waals surface area contributed by atoms with E-state index >= 15 is 0 Å². The molecule has 1 aliphatic heterocycles. The minimum atomic E-state index is -0.684. The van der Waals surface area contributed by atoms with Crippen molar-refractivity contribution in [2.75, 3.05) is 20.3 Å². The summed E-state index contributed by atoms with van der Waals surface area (Å²) in [5.74, 6) is -0.608. The van der Waals surface area contributed by atoms with Crippen LogP contribution in [-0.4, -0.2) is 55.5 Å². The Morgan fingerprint density at radius 2 is 1.64 bits per heavy atom. The molecule has 0 aliphatic carbocycles. The van der Waals surface area contributed by atoms with E-state index in [0.717, 1.165) is 0 Å². The van der Waals surface area contributed by atoms with Gasteiger partial charge in [-0.05, 0) is 39.0 Å². The third-order valence-electron chi connectivity index (χ3n) is 4.69. The van der Waals surface area contributed by atoms with Crippen LogP contribution in [0, 0.1) is 5.41 Å². The van der Waals surface area contributed by atoms with Crippen LogP contribution in [0.4, 0.5) is 4.79 Å². The number of nitrogens with one attached hydrogen (secondary N) is 2. The molecule has 2 amide bonds. The molecule has 0 radical (unpaired) electrons. The molecule has 2 N–H and O–H groups in total. The lowest BCUT2D eigenvalue weighted by Gasteiger charge is -2.38. The van der Waals surface area contributed by atoms with E-state index in [0.29, 0.717) is 26.1 Å². The lowest BCUT2D eigenvalue weighted by molar-refractivity contribution is -0.144. The molecule has 1 aliphatic rings. The SMILES string of the molecule is COC(=O)CC1(NC(=O)C[C@@H](NC(=O)OC(C)(C)C)C(C)(C)C)CCOCC1. The van der Waals surface area contributed by atoms with Crippen LogP contribution in [0.1, 0.15) is 67.2 Å². The molecular weight excluding hydrogens is 364 g/mol. The van der Waals surface area contributed by atoms with Crippen LogP contribution in [0.5, 0.6) is 0 Å². The molecule has 8 heteroatoms. The first-order valence-electron chi connectivity index (χ1n) is 9.71. The molecule has 0 unspecified atom stereocenters. The molecule has 1 fully saturated rings. The van der Waals surface area contributed by atoms with Gasteiger partial charge in [0.25, 0.3) is 0 Å². The third kappa shape index (κ3) is 8.46. The van der Waals surface area contributed by atoms with Gasteiger partial charge in [-0.1, -0.05) is 20.8 Å². The molecule has 1 atom stereocenters. The molecule has 0 aromatic carbocycles. The van der Waals surface area contributed by atoms with Crippen molar-refractivity contribution in [1.82, 2.24) is 10.6 Å². The Kier molecular flexibility index (Phi) is 8.29. The van der Waals surface area contributed by atoms with Gasteiger partial charge in [-0.3, -0.25) is 9.59 Å². The summed E-state index contributed by atoms with van der Waals surface area (Å²) in [6, 6.07) is -0.433. The second kappa shape index (κ2) is 9.58. The van der Waals surface area contributed by atoms with Gasteiger partial charge in [0.1, 0.15) is 5.60 Å². The van der Waals surface area contributed by atoms with Crippen molar-refractivity contribution >= 4 is 18.0 Å². The summed E-state index contributed by atoms with van der Waals surface area (Å²) >= 11 is 0. The smallest absolute Gasteiger partial charge is 0.407 e. The first-order valence-corrected chi connectivity index (χ1v) is 9.71. The molecule has 8 nitrogen and oxygen atoms in total. The molecule has 0 aromatic rings. The third-order valence-corrected chi connectivity index (χ3v) is 4.69. The first kappa shape index (κ1) is 24.2. The number of rotatable bonds is 6. The summed E-state index contributed by atoms with van der Waals surface area (Å²) < 4.78 is 15.5. The van der Waals surface area contributed by atoms with E-state index in [9.17, 15) is 14.4 Å². The van der Waals surface area contributed by atoms with Crippen molar-refractivity contribution in [3.05, 3.63) is 0 Å². The van der Waals surface area contributed by atoms with Gasteiger partial charge in [0.2, 0.25) is 5.91 Å². The zero-order valence-electron chi connectivity index (χ0n) is 18.3. The van der Waals surface area contributed by atoms with Crippen molar-refractivity contribution < 1.29 is 28.6 Å². The fraction of sp³-hybridized carbons (Fsp3) is 0.850. The van der Waals surface area contributed by atoms with Crippen LogP contribution in [0.2, 0.25) is 0 Å². The van der Waals surface area contributed by atoms with Crippen LogP contribution < -0.4 is 10.6 Å². The second-order valence-corrected chi connectivity index (χ2v) is 9.46. The molecule has 0 bridgehead atoms. The Bertz CT molecular complexity index is 556. The van der Waals surface area contributed by atoms with Crippen molar-refractivity contribution in [1.29, 1.82) is 0 Å². The van der Waals surface area contributed by atoms with Crippen LogP contribution in [0.25, 0.3) is 0 Å². The summed E-state index contributed by atoms with van der Waals surface area (Å²) in [5, 5.41) is 5.82. The van der Waals surface area contributed by atoms with Gasteiger partial charge in [0.15, 0.2) is 0 Å². The quantitative estimate of drug-likeness (QED) is 0.664. The van der Waals surface area contributed by atoms with Gasteiger partial charge in [-0.25, -0.2) is 4.79 Å². The van der Waals surface area contributed by atoms with E-state index in [1.807, 2.05) is 20.8 Å². The molecule has 0 aromatic heterocycles. The maximum absolute atomic E-state index is 12.8.